The molecule has 0 spiro atoms. The van der Waals surface area contributed by atoms with Crippen LogP contribution in [0.1, 0.15) is 6.92 Å². The van der Waals surface area contributed by atoms with Crippen LogP contribution in [-0.2, 0) is 19.4 Å². The van der Waals surface area contributed by atoms with E-state index in [-0.39, 0.29) is 11.3 Å². The van der Waals surface area contributed by atoms with Crippen molar-refractivity contribution in [3.63, 3.8) is 0 Å². The summed E-state index contributed by atoms with van der Waals surface area (Å²) in [4.78, 5) is 11.0. The van der Waals surface area contributed by atoms with E-state index in [0.717, 1.165) is 0 Å². The van der Waals surface area contributed by atoms with Crippen molar-refractivity contribution in [1.29, 1.82) is 0 Å². The Balaban J connectivity index is 2.74. The predicted molar refractivity (Wildman–Crippen MR) is 56.9 cm³/mol. The average Bonchev–Trinajstić information content (AvgIpc) is 2.17. The fourth-order valence-electron chi connectivity index (χ4n) is 0.775. The number of benzene rings is 1. The van der Waals surface area contributed by atoms with Gasteiger partial charge in [0.25, 0.3) is 0 Å². The molecule has 1 rings (SSSR count). The molecule has 0 amide bonds. The van der Waals surface area contributed by atoms with Crippen LogP contribution in [-0.4, -0.2) is 14.4 Å². The van der Waals surface area contributed by atoms with Gasteiger partial charge in [0.2, 0.25) is 0 Å². The first kappa shape index (κ1) is 12.3. The van der Waals surface area contributed by atoms with E-state index >= 15 is 0 Å². The number of para-hydroxylation sites is 1. The number of rotatable bonds is 4. The zero-order valence-electron chi connectivity index (χ0n) is 8.54. The third-order valence-corrected chi connectivity index (χ3v) is 2.22. The van der Waals surface area contributed by atoms with Gasteiger partial charge in [0.1, 0.15) is 5.75 Å². The molecule has 0 N–H and O–H groups in total. The maximum atomic E-state index is 11.2. The van der Waals surface area contributed by atoms with Crippen LogP contribution in [0.2, 0.25) is 0 Å². The maximum absolute atomic E-state index is 11.2. The van der Waals surface area contributed by atoms with Gasteiger partial charge in [-0.2, -0.15) is 0 Å². The molecule has 0 fully saturated rings. The van der Waals surface area contributed by atoms with Crippen molar-refractivity contribution in [2.75, 3.05) is 0 Å². The van der Waals surface area contributed by atoms with Crippen LogP contribution in [0.3, 0.4) is 0 Å². The summed E-state index contributed by atoms with van der Waals surface area (Å²) < 4.78 is 31.0. The summed E-state index contributed by atoms with van der Waals surface area (Å²) in [5, 5.41) is 0. The third-order valence-electron chi connectivity index (χ3n) is 1.47. The van der Waals surface area contributed by atoms with Gasteiger partial charge in [-0.05, 0) is 19.1 Å². The van der Waals surface area contributed by atoms with Crippen LogP contribution in [0.4, 0.5) is 0 Å². The van der Waals surface area contributed by atoms with Gasteiger partial charge in [-0.1, -0.05) is 24.8 Å². The largest absolute Gasteiger partial charge is 0.503 e. The van der Waals surface area contributed by atoms with Crippen molar-refractivity contribution in [2.45, 2.75) is 6.92 Å². The second kappa shape index (κ2) is 4.80. The number of hydrogen-bond donors (Lipinski definition) is 0. The summed E-state index contributed by atoms with van der Waals surface area (Å²) in [5.74, 6) is -0.979. The highest BCUT2D eigenvalue weighted by molar-refractivity contribution is 7.82. The SMILES string of the molecule is C=C(C)C(=O)OS(=O)(=O)Oc1ccccc1. The summed E-state index contributed by atoms with van der Waals surface area (Å²) in [5.41, 5.74) is -0.0276. The van der Waals surface area contributed by atoms with Gasteiger partial charge in [-0.3, -0.25) is 0 Å². The van der Waals surface area contributed by atoms with Crippen LogP contribution in [0.25, 0.3) is 0 Å². The van der Waals surface area contributed by atoms with Crippen LogP contribution in [0, 0.1) is 0 Å². The van der Waals surface area contributed by atoms with Gasteiger partial charge in [0.15, 0.2) is 0 Å². The van der Waals surface area contributed by atoms with Crippen molar-refractivity contribution in [2.24, 2.45) is 0 Å². The lowest BCUT2D eigenvalue weighted by molar-refractivity contribution is -0.129. The minimum absolute atomic E-state index is 0.0276. The minimum Gasteiger partial charge on any atom is -0.353 e. The molecule has 0 aliphatic heterocycles. The van der Waals surface area contributed by atoms with E-state index in [0.29, 0.717) is 0 Å². The number of carbonyl (C=O) groups is 1. The molecule has 0 heterocycles. The molecule has 0 saturated carbocycles. The van der Waals surface area contributed by atoms with E-state index < -0.39 is 16.4 Å². The fourth-order valence-corrected chi connectivity index (χ4v) is 1.48. The molecule has 16 heavy (non-hydrogen) atoms. The Bertz CT molecular complexity index is 489. The molecule has 0 aromatic heterocycles. The molecule has 6 heteroatoms. The van der Waals surface area contributed by atoms with Crippen molar-refractivity contribution in [3.8, 4) is 5.75 Å². The lowest BCUT2D eigenvalue weighted by atomic mass is 10.3. The maximum Gasteiger partial charge on any atom is 0.503 e. The Labute approximate surface area is 93.6 Å². The summed E-state index contributed by atoms with van der Waals surface area (Å²) >= 11 is 0. The lowest BCUT2D eigenvalue weighted by Gasteiger charge is -2.05. The predicted octanol–water partition coefficient (Wildman–Crippen LogP) is 1.43. The molecule has 0 aliphatic rings. The molecule has 0 aliphatic carbocycles. The first-order valence-electron chi connectivity index (χ1n) is 4.29. The highest BCUT2D eigenvalue weighted by Gasteiger charge is 2.19. The smallest absolute Gasteiger partial charge is 0.353 e. The summed E-state index contributed by atoms with van der Waals surface area (Å²) in [7, 11) is -4.39. The molecule has 0 saturated heterocycles. The Morgan fingerprint density at radius 3 is 2.31 bits per heavy atom. The van der Waals surface area contributed by atoms with Gasteiger partial charge in [0.05, 0.1) is 0 Å². The normalized spacial score (nSPS) is 10.6. The van der Waals surface area contributed by atoms with E-state index in [9.17, 15) is 13.2 Å². The van der Waals surface area contributed by atoms with Crippen LogP contribution < -0.4 is 4.18 Å². The van der Waals surface area contributed by atoms with Crippen molar-refractivity contribution in [3.05, 3.63) is 42.5 Å². The van der Waals surface area contributed by atoms with Crippen molar-refractivity contribution in [1.82, 2.24) is 0 Å². The summed E-state index contributed by atoms with van der Waals surface area (Å²) in [6.07, 6.45) is 0. The second-order valence-corrected chi connectivity index (χ2v) is 4.11. The summed E-state index contributed by atoms with van der Waals surface area (Å²) in [6.45, 7) is 4.59. The van der Waals surface area contributed by atoms with E-state index in [4.69, 9.17) is 0 Å². The lowest BCUT2D eigenvalue weighted by Crippen LogP contribution is -2.18. The van der Waals surface area contributed by atoms with Crippen LogP contribution in [0.15, 0.2) is 42.5 Å². The van der Waals surface area contributed by atoms with Crippen molar-refractivity contribution < 1.29 is 21.6 Å². The van der Waals surface area contributed by atoms with Gasteiger partial charge >= 0.3 is 16.4 Å². The molecule has 86 valence electrons. The fraction of sp³-hybridized carbons (Fsp3) is 0.100. The van der Waals surface area contributed by atoms with Gasteiger partial charge in [0, 0.05) is 5.57 Å². The van der Waals surface area contributed by atoms with Crippen molar-refractivity contribution >= 4 is 16.4 Å². The zero-order chi connectivity index (χ0) is 12.2. The Morgan fingerprint density at radius 1 is 1.25 bits per heavy atom. The molecule has 0 radical (unpaired) electrons. The van der Waals surface area contributed by atoms with E-state index in [2.05, 4.69) is 14.9 Å². The van der Waals surface area contributed by atoms with Crippen LogP contribution in [0.5, 0.6) is 5.75 Å². The van der Waals surface area contributed by atoms with Gasteiger partial charge in [-0.25, -0.2) is 4.79 Å². The molecule has 1 aromatic rings. The zero-order valence-corrected chi connectivity index (χ0v) is 9.36. The first-order valence-corrected chi connectivity index (χ1v) is 5.63. The molecule has 1 aromatic carbocycles. The molecule has 0 atom stereocenters. The number of hydrogen-bond acceptors (Lipinski definition) is 5. The quantitative estimate of drug-likeness (QED) is 0.747. The summed E-state index contributed by atoms with van der Waals surface area (Å²) in [6, 6.07) is 7.72. The second-order valence-electron chi connectivity index (χ2n) is 2.96. The Morgan fingerprint density at radius 2 is 1.81 bits per heavy atom. The topological polar surface area (TPSA) is 69.7 Å². The van der Waals surface area contributed by atoms with E-state index in [1.165, 1.54) is 19.1 Å². The van der Waals surface area contributed by atoms with E-state index in [1.807, 2.05) is 0 Å². The molecule has 0 unspecified atom stereocenters. The third kappa shape index (κ3) is 3.74. The highest BCUT2D eigenvalue weighted by atomic mass is 32.3. The van der Waals surface area contributed by atoms with Crippen LogP contribution >= 0.6 is 0 Å². The highest BCUT2D eigenvalue weighted by Crippen LogP contribution is 2.12. The standard InChI is InChI=1S/C10H10O5S/c1-8(2)10(11)15-16(12,13)14-9-6-4-3-5-7-9/h3-7H,1H2,2H3. The number of carbonyl (C=O) groups excluding carboxylic acids is 1. The van der Waals surface area contributed by atoms with Gasteiger partial charge < -0.3 is 8.37 Å². The Kier molecular flexibility index (Phi) is 3.68. The van der Waals surface area contributed by atoms with Gasteiger partial charge in [-0.15, -0.1) is 8.42 Å². The molecule has 5 nitrogen and oxygen atoms in total. The molecular weight excluding hydrogens is 232 g/mol. The average molecular weight is 242 g/mol. The molecule has 0 bridgehead atoms. The minimum atomic E-state index is -4.39. The first-order chi connectivity index (χ1) is 7.41. The Hall–Kier alpha value is -1.82. The van der Waals surface area contributed by atoms with E-state index in [1.54, 1.807) is 18.2 Å². The molecular formula is C10H10O5S. The monoisotopic (exact) mass is 242 g/mol.